The van der Waals surface area contributed by atoms with Gasteiger partial charge in [0.05, 0.1) is 0 Å². The normalized spacial score (nSPS) is 15.1. The molecule has 31 heavy (non-hydrogen) atoms. The van der Waals surface area contributed by atoms with Gasteiger partial charge in [-0.05, 0) is 93.6 Å². The molecule has 0 bridgehead atoms. The predicted octanol–water partition coefficient (Wildman–Crippen LogP) is 8.51. The topological polar surface area (TPSA) is 17.1 Å². The van der Waals surface area contributed by atoms with E-state index in [0.717, 1.165) is 55.2 Å². The molecule has 1 nitrogen and oxygen atoms in total. The van der Waals surface area contributed by atoms with Crippen LogP contribution >= 0.6 is 0 Å². The standard InChI is InChI=1S/C30H38O/c1-6-26-19-11-13-21-28(26)24(4)18-14-16-23(3)15-8-10-20-27(7-2)30(31)29-22-12-9-17-25(29)5/h7-8,10-11,13,15,17,19,21-22H,4,6,9,12,14,16,18,20H2,1-3,5H3/b10-8?,23-15?,27-7-. The molecule has 1 heteroatoms. The first-order valence-electron chi connectivity index (χ1n) is 11.6. The van der Waals surface area contributed by atoms with E-state index in [-0.39, 0.29) is 5.78 Å². The average molecular weight is 415 g/mol. The van der Waals surface area contributed by atoms with Crippen LogP contribution < -0.4 is 0 Å². The molecule has 0 saturated heterocycles. The maximum Gasteiger partial charge on any atom is 0.188 e. The Bertz CT molecular complexity index is 931. The van der Waals surface area contributed by atoms with Gasteiger partial charge in [0.1, 0.15) is 0 Å². The Morgan fingerprint density at radius 2 is 1.87 bits per heavy atom. The fourth-order valence-electron chi connectivity index (χ4n) is 3.98. The first kappa shape index (κ1) is 24.6. The summed E-state index contributed by atoms with van der Waals surface area (Å²) in [6, 6.07) is 8.59. The fraction of sp³-hybridized carbons (Fsp3) is 0.367. The van der Waals surface area contributed by atoms with Crippen LogP contribution in [0.4, 0.5) is 0 Å². The number of carbonyl (C=O) groups is 1. The number of benzene rings is 1. The molecule has 0 spiro atoms. The number of carbonyl (C=O) groups excluding carboxylic acids is 1. The van der Waals surface area contributed by atoms with Crippen LogP contribution in [-0.2, 0) is 11.2 Å². The van der Waals surface area contributed by atoms with Crippen molar-refractivity contribution in [2.45, 2.75) is 72.6 Å². The van der Waals surface area contributed by atoms with Gasteiger partial charge in [0, 0.05) is 5.57 Å². The second kappa shape index (κ2) is 12.9. The lowest BCUT2D eigenvalue weighted by atomic mass is 9.91. The van der Waals surface area contributed by atoms with E-state index in [1.807, 2.05) is 19.9 Å². The number of allylic oxidation sites excluding steroid dienone is 11. The van der Waals surface area contributed by atoms with Crippen molar-refractivity contribution in [2.24, 2.45) is 0 Å². The molecular weight excluding hydrogens is 376 g/mol. The van der Waals surface area contributed by atoms with Crippen LogP contribution in [-0.4, -0.2) is 5.78 Å². The zero-order valence-corrected chi connectivity index (χ0v) is 19.8. The van der Waals surface area contributed by atoms with E-state index in [2.05, 4.69) is 75.1 Å². The summed E-state index contributed by atoms with van der Waals surface area (Å²) in [7, 11) is 0. The summed E-state index contributed by atoms with van der Waals surface area (Å²) in [4.78, 5) is 12.8. The third kappa shape index (κ3) is 7.51. The highest BCUT2D eigenvalue weighted by molar-refractivity contribution is 6.11. The number of hydrogen-bond donors (Lipinski definition) is 0. The van der Waals surface area contributed by atoms with Crippen molar-refractivity contribution in [3.05, 3.63) is 101 Å². The Morgan fingerprint density at radius 1 is 1.13 bits per heavy atom. The van der Waals surface area contributed by atoms with Gasteiger partial charge in [0.2, 0.25) is 0 Å². The number of ketones is 1. The SMILES string of the molecule is C=C(CCCC(C)=CC=CC/C(=C/C)C(=O)C1=CCCC=C1C)c1ccccc1CC. The van der Waals surface area contributed by atoms with Gasteiger partial charge in [-0.1, -0.05) is 79.8 Å². The molecule has 0 unspecified atom stereocenters. The number of rotatable bonds is 11. The van der Waals surface area contributed by atoms with E-state index in [0.29, 0.717) is 6.42 Å². The minimum absolute atomic E-state index is 0.173. The molecule has 0 heterocycles. The third-order valence-corrected chi connectivity index (χ3v) is 5.96. The summed E-state index contributed by atoms with van der Waals surface area (Å²) >= 11 is 0. The summed E-state index contributed by atoms with van der Waals surface area (Å²) in [5, 5.41) is 0. The van der Waals surface area contributed by atoms with Crippen LogP contribution in [0.25, 0.3) is 5.57 Å². The van der Waals surface area contributed by atoms with Crippen molar-refractivity contribution in [3.8, 4) is 0 Å². The van der Waals surface area contributed by atoms with Gasteiger partial charge < -0.3 is 0 Å². The zero-order valence-electron chi connectivity index (χ0n) is 19.8. The quantitative estimate of drug-likeness (QED) is 0.262. The van der Waals surface area contributed by atoms with Gasteiger partial charge >= 0.3 is 0 Å². The van der Waals surface area contributed by atoms with E-state index in [4.69, 9.17) is 0 Å². The van der Waals surface area contributed by atoms with Crippen LogP contribution in [0.15, 0.2) is 89.6 Å². The average Bonchev–Trinajstić information content (AvgIpc) is 2.79. The molecule has 1 aromatic rings. The van der Waals surface area contributed by atoms with Crippen molar-refractivity contribution < 1.29 is 4.79 Å². The highest BCUT2D eigenvalue weighted by atomic mass is 16.1. The van der Waals surface area contributed by atoms with E-state index in [1.165, 1.54) is 22.3 Å². The van der Waals surface area contributed by atoms with Crippen LogP contribution in [0, 0.1) is 0 Å². The van der Waals surface area contributed by atoms with Crippen LogP contribution in [0.2, 0.25) is 0 Å². The molecule has 1 aliphatic rings. The summed E-state index contributed by atoms with van der Waals surface area (Å²) in [6.45, 7) is 12.7. The Kier molecular flexibility index (Phi) is 10.2. The van der Waals surface area contributed by atoms with Gasteiger partial charge in [-0.2, -0.15) is 0 Å². The van der Waals surface area contributed by atoms with Crippen molar-refractivity contribution in [2.75, 3.05) is 0 Å². The lowest BCUT2D eigenvalue weighted by Gasteiger charge is -2.13. The number of Topliss-reactive ketones (excluding diaryl/α,β-unsaturated/α-hetero) is 1. The van der Waals surface area contributed by atoms with Gasteiger partial charge in [-0.25, -0.2) is 0 Å². The third-order valence-electron chi connectivity index (χ3n) is 5.96. The minimum atomic E-state index is 0.173. The summed E-state index contributed by atoms with van der Waals surface area (Å²) < 4.78 is 0. The molecular formula is C30H38O. The first-order valence-corrected chi connectivity index (χ1v) is 11.6. The fourth-order valence-corrected chi connectivity index (χ4v) is 3.98. The summed E-state index contributed by atoms with van der Waals surface area (Å²) in [6.07, 6.45) is 19.5. The molecule has 0 fully saturated rings. The minimum Gasteiger partial charge on any atom is -0.289 e. The maximum absolute atomic E-state index is 12.8. The second-order valence-electron chi connectivity index (χ2n) is 8.34. The zero-order chi connectivity index (χ0) is 22.6. The Labute approximate surface area is 189 Å². The molecule has 0 aliphatic heterocycles. The molecule has 0 saturated carbocycles. The predicted molar refractivity (Wildman–Crippen MR) is 136 cm³/mol. The Balaban J connectivity index is 1.82. The molecule has 0 amide bonds. The number of aryl methyl sites for hydroxylation is 1. The number of hydrogen-bond acceptors (Lipinski definition) is 1. The smallest absolute Gasteiger partial charge is 0.188 e. The van der Waals surface area contributed by atoms with E-state index in [9.17, 15) is 4.79 Å². The van der Waals surface area contributed by atoms with Crippen molar-refractivity contribution in [1.82, 2.24) is 0 Å². The van der Waals surface area contributed by atoms with Crippen molar-refractivity contribution >= 4 is 11.4 Å². The van der Waals surface area contributed by atoms with Gasteiger partial charge in [0.25, 0.3) is 0 Å². The van der Waals surface area contributed by atoms with E-state index < -0.39 is 0 Å². The molecule has 1 aliphatic carbocycles. The van der Waals surface area contributed by atoms with Gasteiger partial charge in [-0.15, -0.1) is 0 Å². The lowest BCUT2D eigenvalue weighted by Crippen LogP contribution is -2.09. The molecule has 1 aromatic carbocycles. The maximum atomic E-state index is 12.8. The van der Waals surface area contributed by atoms with Crippen LogP contribution in [0.1, 0.15) is 77.3 Å². The Hall–Kier alpha value is -2.67. The van der Waals surface area contributed by atoms with E-state index in [1.54, 1.807) is 0 Å². The monoisotopic (exact) mass is 414 g/mol. The van der Waals surface area contributed by atoms with E-state index >= 15 is 0 Å². The molecule has 0 aromatic heterocycles. The van der Waals surface area contributed by atoms with Gasteiger partial charge in [0.15, 0.2) is 5.78 Å². The molecule has 2 rings (SSSR count). The lowest BCUT2D eigenvalue weighted by molar-refractivity contribution is -0.112. The summed E-state index contributed by atoms with van der Waals surface area (Å²) in [5.41, 5.74) is 8.14. The molecule has 0 atom stereocenters. The van der Waals surface area contributed by atoms with Gasteiger partial charge in [-0.3, -0.25) is 4.79 Å². The Morgan fingerprint density at radius 3 is 2.58 bits per heavy atom. The second-order valence-corrected chi connectivity index (χ2v) is 8.34. The van der Waals surface area contributed by atoms with Crippen LogP contribution in [0.3, 0.4) is 0 Å². The van der Waals surface area contributed by atoms with Crippen molar-refractivity contribution in [1.29, 1.82) is 0 Å². The molecule has 0 radical (unpaired) electrons. The highest BCUT2D eigenvalue weighted by Gasteiger charge is 2.16. The summed E-state index contributed by atoms with van der Waals surface area (Å²) in [5.74, 6) is 0.173. The van der Waals surface area contributed by atoms with Crippen LogP contribution in [0.5, 0.6) is 0 Å². The first-order chi connectivity index (χ1) is 15.0. The highest BCUT2D eigenvalue weighted by Crippen LogP contribution is 2.25. The van der Waals surface area contributed by atoms with Crippen molar-refractivity contribution in [3.63, 3.8) is 0 Å². The molecule has 0 N–H and O–H groups in total. The molecule has 164 valence electrons. The largest absolute Gasteiger partial charge is 0.289 e.